The minimum atomic E-state index is -0.711. The summed E-state index contributed by atoms with van der Waals surface area (Å²) in [6.45, 7) is 4.09. The lowest BCUT2D eigenvalue weighted by Gasteiger charge is -2.28. The fourth-order valence-electron chi connectivity index (χ4n) is 3.17. The van der Waals surface area contributed by atoms with Crippen molar-refractivity contribution in [1.82, 2.24) is 19.9 Å². The molecule has 1 atom stereocenters. The molecule has 2 saturated heterocycles. The van der Waals surface area contributed by atoms with Crippen molar-refractivity contribution in [2.75, 3.05) is 51.8 Å². The van der Waals surface area contributed by atoms with Crippen molar-refractivity contribution in [1.29, 1.82) is 0 Å². The second-order valence-corrected chi connectivity index (χ2v) is 5.99. The molecule has 0 bridgehead atoms. The highest BCUT2D eigenvalue weighted by Gasteiger charge is 2.39. The highest BCUT2D eigenvalue weighted by atomic mass is 16.5. The van der Waals surface area contributed by atoms with Gasteiger partial charge in [-0.15, -0.1) is 4.98 Å². The molecule has 0 saturated carbocycles. The Morgan fingerprint density at radius 1 is 1.05 bits per heavy atom. The quantitative estimate of drug-likeness (QED) is 0.809. The summed E-state index contributed by atoms with van der Waals surface area (Å²) in [4.78, 5) is 16.8. The molecule has 0 unspecified atom stereocenters. The fourth-order valence-corrected chi connectivity index (χ4v) is 3.17. The number of nitrogens with zero attached hydrogens (tertiary/aromatic N) is 5. The van der Waals surface area contributed by atoms with Crippen LogP contribution >= 0.6 is 0 Å². The van der Waals surface area contributed by atoms with Gasteiger partial charge in [-0.1, -0.05) is 0 Å². The molecule has 2 aliphatic heterocycles. The monoisotopic (exact) mass is 309 g/mol. The SMILES string of the molecule is COc1nc(OC)nc(N2CC[C@](O)(CN3CCCC3)C2)n1. The van der Waals surface area contributed by atoms with Crippen molar-refractivity contribution in [3.05, 3.63) is 0 Å². The minimum Gasteiger partial charge on any atom is -0.467 e. The molecule has 1 aromatic heterocycles. The average Bonchev–Trinajstić information content (AvgIpc) is 3.16. The van der Waals surface area contributed by atoms with Crippen molar-refractivity contribution in [2.24, 2.45) is 0 Å². The predicted molar refractivity (Wildman–Crippen MR) is 80.4 cm³/mol. The van der Waals surface area contributed by atoms with Gasteiger partial charge in [0.05, 0.1) is 26.4 Å². The first-order valence-electron chi connectivity index (χ1n) is 7.66. The zero-order valence-electron chi connectivity index (χ0n) is 13.2. The number of hydrogen-bond donors (Lipinski definition) is 1. The lowest BCUT2D eigenvalue weighted by atomic mass is 10.0. The summed E-state index contributed by atoms with van der Waals surface area (Å²) in [5.74, 6) is 0.487. The molecule has 8 heteroatoms. The van der Waals surface area contributed by atoms with E-state index < -0.39 is 5.60 Å². The summed E-state index contributed by atoms with van der Waals surface area (Å²) in [7, 11) is 3.01. The summed E-state index contributed by atoms with van der Waals surface area (Å²) in [6, 6.07) is 0.439. The van der Waals surface area contributed by atoms with Gasteiger partial charge in [-0.05, 0) is 32.4 Å². The van der Waals surface area contributed by atoms with Crippen molar-refractivity contribution in [2.45, 2.75) is 24.9 Å². The summed E-state index contributed by atoms with van der Waals surface area (Å²) < 4.78 is 10.2. The molecule has 2 fully saturated rings. The molecule has 0 aromatic carbocycles. The zero-order valence-corrected chi connectivity index (χ0v) is 13.2. The van der Waals surface area contributed by atoms with E-state index in [2.05, 4.69) is 19.9 Å². The van der Waals surface area contributed by atoms with Crippen LogP contribution in [0.1, 0.15) is 19.3 Å². The van der Waals surface area contributed by atoms with E-state index in [4.69, 9.17) is 9.47 Å². The molecule has 0 amide bonds. The van der Waals surface area contributed by atoms with Crippen LogP contribution in [0.15, 0.2) is 0 Å². The minimum absolute atomic E-state index is 0.219. The van der Waals surface area contributed by atoms with Crippen LogP contribution in [-0.4, -0.2) is 77.5 Å². The van der Waals surface area contributed by atoms with Crippen molar-refractivity contribution < 1.29 is 14.6 Å². The van der Waals surface area contributed by atoms with E-state index in [-0.39, 0.29) is 12.0 Å². The molecule has 0 spiro atoms. The molecule has 2 aliphatic rings. The molecular weight excluding hydrogens is 286 g/mol. The molecular formula is C14H23N5O3. The van der Waals surface area contributed by atoms with Gasteiger partial charge >= 0.3 is 12.0 Å². The Morgan fingerprint density at radius 2 is 1.68 bits per heavy atom. The van der Waals surface area contributed by atoms with Gasteiger partial charge in [-0.3, -0.25) is 0 Å². The van der Waals surface area contributed by atoms with Gasteiger partial charge in [0.2, 0.25) is 5.95 Å². The number of rotatable bonds is 5. The van der Waals surface area contributed by atoms with Crippen molar-refractivity contribution >= 4 is 5.95 Å². The largest absolute Gasteiger partial charge is 0.467 e. The van der Waals surface area contributed by atoms with Gasteiger partial charge in [-0.25, -0.2) is 0 Å². The lowest BCUT2D eigenvalue weighted by molar-refractivity contribution is 0.0292. The second kappa shape index (κ2) is 6.21. The lowest BCUT2D eigenvalue weighted by Crippen LogP contribution is -2.44. The van der Waals surface area contributed by atoms with Crippen LogP contribution in [0, 0.1) is 0 Å². The Balaban J connectivity index is 1.71. The molecule has 3 heterocycles. The standard InChI is InChI=1S/C14H23N5O3/c1-21-12-15-11(16-13(17-12)22-2)19-8-5-14(20,10-19)9-18-6-3-4-7-18/h20H,3-10H2,1-2H3/t14-/m0/s1. The summed E-state index contributed by atoms with van der Waals surface area (Å²) >= 11 is 0. The topological polar surface area (TPSA) is 83.8 Å². The van der Waals surface area contributed by atoms with Gasteiger partial charge in [-0.2, -0.15) is 9.97 Å². The van der Waals surface area contributed by atoms with Crippen LogP contribution in [0.3, 0.4) is 0 Å². The van der Waals surface area contributed by atoms with E-state index in [1.165, 1.54) is 27.1 Å². The van der Waals surface area contributed by atoms with Gasteiger partial charge in [0.25, 0.3) is 0 Å². The molecule has 1 N–H and O–H groups in total. The van der Waals surface area contributed by atoms with Crippen LogP contribution in [0.5, 0.6) is 12.0 Å². The summed E-state index contributed by atoms with van der Waals surface area (Å²) in [5, 5.41) is 10.8. The fraction of sp³-hybridized carbons (Fsp3) is 0.786. The van der Waals surface area contributed by atoms with E-state index in [1.807, 2.05) is 4.90 Å². The van der Waals surface area contributed by atoms with E-state index in [0.717, 1.165) is 13.1 Å². The van der Waals surface area contributed by atoms with Gasteiger partial charge in [0, 0.05) is 13.1 Å². The zero-order chi connectivity index (χ0) is 15.6. The molecule has 0 radical (unpaired) electrons. The Kier molecular flexibility index (Phi) is 4.30. The maximum Gasteiger partial charge on any atom is 0.324 e. The highest BCUT2D eigenvalue weighted by molar-refractivity contribution is 5.35. The number of β-amino-alcohol motifs (C(OH)–C–C–N with tert-alkyl or cyclic N) is 1. The number of anilines is 1. The second-order valence-electron chi connectivity index (χ2n) is 5.99. The molecule has 3 rings (SSSR count). The molecule has 122 valence electrons. The summed E-state index contributed by atoms with van der Waals surface area (Å²) in [5.41, 5.74) is -0.711. The van der Waals surface area contributed by atoms with E-state index in [1.54, 1.807) is 0 Å². The Labute approximate surface area is 130 Å². The van der Waals surface area contributed by atoms with Crippen LogP contribution in [0.4, 0.5) is 5.95 Å². The third-order valence-corrected chi connectivity index (χ3v) is 4.28. The first kappa shape index (κ1) is 15.2. The van der Waals surface area contributed by atoms with Crippen molar-refractivity contribution in [3.63, 3.8) is 0 Å². The number of ether oxygens (including phenoxy) is 2. The first-order chi connectivity index (χ1) is 10.6. The number of aliphatic hydroxyl groups is 1. The average molecular weight is 309 g/mol. The molecule has 8 nitrogen and oxygen atoms in total. The normalized spacial score (nSPS) is 25.7. The van der Waals surface area contributed by atoms with Crippen LogP contribution < -0.4 is 14.4 Å². The van der Waals surface area contributed by atoms with Crippen LogP contribution in [0.2, 0.25) is 0 Å². The Hall–Kier alpha value is -1.67. The van der Waals surface area contributed by atoms with Gasteiger partial charge < -0.3 is 24.4 Å². The predicted octanol–water partition coefficient (Wildman–Crippen LogP) is -0.0742. The van der Waals surface area contributed by atoms with Gasteiger partial charge in [0.1, 0.15) is 0 Å². The van der Waals surface area contributed by atoms with E-state index >= 15 is 0 Å². The van der Waals surface area contributed by atoms with Crippen molar-refractivity contribution in [3.8, 4) is 12.0 Å². The number of likely N-dealkylation sites (tertiary alicyclic amines) is 1. The smallest absolute Gasteiger partial charge is 0.324 e. The maximum absolute atomic E-state index is 10.8. The Bertz CT molecular complexity index is 501. The number of methoxy groups -OCH3 is 2. The molecule has 22 heavy (non-hydrogen) atoms. The number of hydrogen-bond acceptors (Lipinski definition) is 8. The van der Waals surface area contributed by atoms with Crippen LogP contribution in [-0.2, 0) is 0 Å². The Morgan fingerprint density at radius 3 is 2.27 bits per heavy atom. The van der Waals surface area contributed by atoms with E-state index in [0.29, 0.717) is 32.0 Å². The van der Waals surface area contributed by atoms with Gasteiger partial charge in [0.15, 0.2) is 0 Å². The third kappa shape index (κ3) is 3.22. The third-order valence-electron chi connectivity index (χ3n) is 4.28. The van der Waals surface area contributed by atoms with Crippen LogP contribution in [0.25, 0.3) is 0 Å². The van der Waals surface area contributed by atoms with E-state index in [9.17, 15) is 5.11 Å². The summed E-state index contributed by atoms with van der Waals surface area (Å²) in [6.07, 6.45) is 3.16. The molecule has 0 aliphatic carbocycles. The molecule has 1 aromatic rings. The number of aromatic nitrogens is 3. The first-order valence-corrected chi connectivity index (χ1v) is 7.66. The highest BCUT2D eigenvalue weighted by Crippen LogP contribution is 2.28. The maximum atomic E-state index is 10.8.